The summed E-state index contributed by atoms with van der Waals surface area (Å²) in [4.78, 5) is 11.5. The molecular weight excluding hydrogens is 268 g/mol. The molecule has 0 aromatic heterocycles. The molecule has 0 amide bonds. The van der Waals surface area contributed by atoms with Gasteiger partial charge in [-0.2, -0.15) is 0 Å². The van der Waals surface area contributed by atoms with Gasteiger partial charge in [-0.3, -0.25) is 0 Å². The molecule has 0 saturated carbocycles. The first kappa shape index (κ1) is 19.4. The van der Waals surface area contributed by atoms with Gasteiger partial charge in [-0.05, 0) is 36.5 Å². The van der Waals surface area contributed by atoms with E-state index >= 15 is 0 Å². The van der Waals surface area contributed by atoms with E-state index in [1.807, 2.05) is 13.0 Å². The molecule has 118 valence electrons. The van der Waals surface area contributed by atoms with Crippen LogP contribution in [0.5, 0.6) is 0 Å². The van der Waals surface area contributed by atoms with E-state index in [0.29, 0.717) is 6.61 Å². The molecule has 0 aliphatic heterocycles. The molecule has 1 atom stereocenters. The molecule has 0 aliphatic rings. The predicted molar refractivity (Wildman–Crippen MR) is 87.3 cm³/mol. The Kier molecular flexibility index (Phi) is 8.36. The van der Waals surface area contributed by atoms with Crippen LogP contribution in [0.15, 0.2) is 12.2 Å². The normalized spacial score (nSPS) is 14.6. The molecule has 0 aromatic rings. The molecule has 0 fully saturated rings. The van der Waals surface area contributed by atoms with Crippen molar-refractivity contribution in [1.29, 1.82) is 0 Å². The van der Waals surface area contributed by atoms with Gasteiger partial charge in [-0.1, -0.05) is 41.5 Å². The van der Waals surface area contributed by atoms with Crippen LogP contribution >= 0.6 is 0 Å². The lowest BCUT2D eigenvalue weighted by molar-refractivity contribution is -0.137. The van der Waals surface area contributed by atoms with E-state index < -0.39 is 8.32 Å². The van der Waals surface area contributed by atoms with Gasteiger partial charge < -0.3 is 9.16 Å². The third-order valence-corrected chi connectivity index (χ3v) is 8.48. The summed E-state index contributed by atoms with van der Waals surface area (Å²) in [6.45, 7) is 15.3. The van der Waals surface area contributed by atoms with Crippen molar-refractivity contribution in [3.05, 3.63) is 12.2 Å². The van der Waals surface area contributed by atoms with E-state index in [-0.39, 0.29) is 17.5 Å². The highest BCUT2D eigenvalue weighted by Crippen LogP contribution is 2.31. The second-order valence-corrected chi connectivity index (χ2v) is 11.0. The molecule has 0 bridgehead atoms. The molecule has 20 heavy (non-hydrogen) atoms. The second kappa shape index (κ2) is 8.62. The number of hydrogen-bond donors (Lipinski definition) is 0. The molecule has 0 radical (unpaired) electrons. The fraction of sp³-hybridized carbons (Fsp3) is 0.812. The van der Waals surface area contributed by atoms with Crippen LogP contribution in [0.25, 0.3) is 0 Å². The Morgan fingerprint density at radius 3 is 1.95 bits per heavy atom. The molecule has 0 unspecified atom stereocenters. The topological polar surface area (TPSA) is 35.5 Å². The van der Waals surface area contributed by atoms with E-state index in [2.05, 4.69) is 41.5 Å². The average Bonchev–Trinajstić information content (AvgIpc) is 2.39. The summed E-state index contributed by atoms with van der Waals surface area (Å²) in [6, 6.07) is 3.33. The number of carbonyl (C=O) groups excluding carboxylic acids is 1. The Labute approximate surface area is 125 Å². The van der Waals surface area contributed by atoms with Crippen molar-refractivity contribution >= 4 is 14.3 Å². The van der Waals surface area contributed by atoms with E-state index in [0.717, 1.165) is 18.1 Å². The molecule has 0 heterocycles. The minimum atomic E-state index is -1.68. The standard InChI is InChI=1S/C16H32O3Si/c1-8-18-15(17)13-12-14(16(5,6)7)19-20(9-2,10-3)11-4/h12-14H,8-11H2,1-7H3/b13-12+/t14-/m0/s1. The van der Waals surface area contributed by atoms with Crippen LogP contribution in [0.3, 0.4) is 0 Å². The molecule has 0 aromatic carbocycles. The van der Waals surface area contributed by atoms with Crippen molar-refractivity contribution in [3.63, 3.8) is 0 Å². The van der Waals surface area contributed by atoms with Crippen LogP contribution in [0.2, 0.25) is 18.1 Å². The Morgan fingerprint density at radius 2 is 1.60 bits per heavy atom. The van der Waals surface area contributed by atoms with Crippen LogP contribution in [0.1, 0.15) is 48.5 Å². The molecule has 3 nitrogen and oxygen atoms in total. The van der Waals surface area contributed by atoms with Gasteiger partial charge in [0.05, 0.1) is 12.7 Å². The third kappa shape index (κ3) is 6.22. The quantitative estimate of drug-likeness (QED) is 0.375. The monoisotopic (exact) mass is 300 g/mol. The smallest absolute Gasteiger partial charge is 0.330 e. The Bertz CT molecular complexity index is 306. The largest absolute Gasteiger partial charge is 0.463 e. The molecule has 0 spiro atoms. The maximum atomic E-state index is 11.5. The summed E-state index contributed by atoms with van der Waals surface area (Å²) in [7, 11) is -1.68. The summed E-state index contributed by atoms with van der Waals surface area (Å²) in [5.74, 6) is -0.290. The SMILES string of the molecule is CCOC(=O)/C=C/[C@H](O[Si](CC)(CC)CC)C(C)(C)C. The van der Waals surface area contributed by atoms with Crippen molar-refractivity contribution in [1.82, 2.24) is 0 Å². The molecule has 0 N–H and O–H groups in total. The molecule has 4 heteroatoms. The Morgan fingerprint density at radius 1 is 1.10 bits per heavy atom. The van der Waals surface area contributed by atoms with Gasteiger partial charge in [0.2, 0.25) is 0 Å². The predicted octanol–water partition coefficient (Wildman–Crippen LogP) is 4.54. The van der Waals surface area contributed by atoms with Gasteiger partial charge in [0.25, 0.3) is 0 Å². The van der Waals surface area contributed by atoms with E-state index in [1.54, 1.807) is 0 Å². The van der Waals surface area contributed by atoms with Gasteiger partial charge in [-0.15, -0.1) is 0 Å². The molecular formula is C16H32O3Si. The molecule has 0 saturated heterocycles. The zero-order valence-electron chi connectivity index (χ0n) is 14.3. The Balaban J connectivity index is 5.04. The highest BCUT2D eigenvalue weighted by molar-refractivity contribution is 6.73. The van der Waals surface area contributed by atoms with Crippen molar-refractivity contribution in [2.75, 3.05) is 6.61 Å². The maximum Gasteiger partial charge on any atom is 0.330 e. The lowest BCUT2D eigenvalue weighted by Gasteiger charge is -2.38. The maximum absolute atomic E-state index is 11.5. The van der Waals surface area contributed by atoms with Crippen LogP contribution in [0, 0.1) is 5.41 Å². The van der Waals surface area contributed by atoms with Gasteiger partial charge >= 0.3 is 5.97 Å². The average molecular weight is 301 g/mol. The third-order valence-electron chi connectivity index (χ3n) is 3.86. The summed E-state index contributed by atoms with van der Waals surface area (Å²) in [6.07, 6.45) is 3.35. The molecule has 0 rings (SSSR count). The summed E-state index contributed by atoms with van der Waals surface area (Å²) in [5, 5.41) is 0. The molecule has 0 aliphatic carbocycles. The minimum Gasteiger partial charge on any atom is -0.463 e. The fourth-order valence-electron chi connectivity index (χ4n) is 2.13. The fourth-order valence-corrected chi connectivity index (χ4v) is 5.10. The van der Waals surface area contributed by atoms with Crippen molar-refractivity contribution in [2.45, 2.75) is 72.7 Å². The van der Waals surface area contributed by atoms with Gasteiger partial charge in [0.15, 0.2) is 8.32 Å². The zero-order chi connectivity index (χ0) is 15.8. The van der Waals surface area contributed by atoms with Crippen LogP contribution in [-0.4, -0.2) is 27.0 Å². The highest BCUT2D eigenvalue weighted by atomic mass is 28.4. The number of carbonyl (C=O) groups is 1. The van der Waals surface area contributed by atoms with Gasteiger partial charge in [0, 0.05) is 6.08 Å². The van der Waals surface area contributed by atoms with E-state index in [1.165, 1.54) is 6.08 Å². The van der Waals surface area contributed by atoms with Crippen molar-refractivity contribution in [3.8, 4) is 0 Å². The first-order valence-corrected chi connectivity index (χ1v) is 10.3. The number of hydrogen-bond acceptors (Lipinski definition) is 3. The van der Waals surface area contributed by atoms with Gasteiger partial charge in [0.1, 0.15) is 0 Å². The minimum absolute atomic E-state index is 0.0270. The summed E-state index contributed by atoms with van der Waals surface area (Å²) < 4.78 is 11.5. The van der Waals surface area contributed by atoms with Crippen LogP contribution in [0.4, 0.5) is 0 Å². The van der Waals surface area contributed by atoms with Crippen molar-refractivity contribution in [2.24, 2.45) is 5.41 Å². The number of esters is 1. The van der Waals surface area contributed by atoms with Crippen molar-refractivity contribution < 1.29 is 14.0 Å². The Hall–Kier alpha value is -0.613. The first-order valence-electron chi connectivity index (χ1n) is 7.77. The van der Waals surface area contributed by atoms with Crippen LogP contribution in [-0.2, 0) is 14.0 Å². The highest BCUT2D eigenvalue weighted by Gasteiger charge is 2.35. The van der Waals surface area contributed by atoms with E-state index in [4.69, 9.17) is 9.16 Å². The second-order valence-electron chi connectivity index (χ2n) is 6.26. The number of rotatable bonds is 8. The first-order chi connectivity index (χ1) is 9.24. The van der Waals surface area contributed by atoms with E-state index in [9.17, 15) is 4.79 Å². The number of ether oxygens (including phenoxy) is 1. The van der Waals surface area contributed by atoms with Crippen LogP contribution < -0.4 is 0 Å². The van der Waals surface area contributed by atoms with Gasteiger partial charge in [-0.25, -0.2) is 4.79 Å². The summed E-state index contributed by atoms with van der Waals surface area (Å²) in [5.41, 5.74) is -0.0270. The zero-order valence-corrected chi connectivity index (χ0v) is 15.3. The summed E-state index contributed by atoms with van der Waals surface area (Å²) >= 11 is 0. The lowest BCUT2D eigenvalue weighted by Crippen LogP contribution is -2.43. The lowest BCUT2D eigenvalue weighted by atomic mass is 9.89.